The molecular formula is C27H33F2N4O6PS2. The number of fused-ring (bicyclic) bond motifs is 1. The fourth-order valence-electron chi connectivity index (χ4n) is 4.63. The van der Waals surface area contributed by atoms with Crippen LogP contribution in [0.2, 0.25) is 0 Å². The first-order chi connectivity index (χ1) is 19.4. The summed E-state index contributed by atoms with van der Waals surface area (Å²) in [4.78, 5) is 65.3. The van der Waals surface area contributed by atoms with Crippen LogP contribution < -0.4 is 10.6 Å². The predicted octanol–water partition coefficient (Wildman–Crippen LogP) is 5.48. The molecule has 42 heavy (non-hydrogen) atoms. The molecule has 0 spiro atoms. The van der Waals surface area contributed by atoms with Crippen molar-refractivity contribution in [2.75, 3.05) is 11.9 Å². The van der Waals surface area contributed by atoms with E-state index in [2.05, 4.69) is 15.6 Å². The lowest BCUT2D eigenvalue weighted by atomic mass is 9.85. The van der Waals surface area contributed by atoms with Crippen LogP contribution in [0.25, 0.3) is 10.1 Å². The molecule has 15 heteroatoms. The van der Waals surface area contributed by atoms with Crippen LogP contribution in [0.3, 0.4) is 0 Å². The van der Waals surface area contributed by atoms with E-state index in [0.29, 0.717) is 29.2 Å². The van der Waals surface area contributed by atoms with Crippen LogP contribution in [0.15, 0.2) is 30.5 Å². The van der Waals surface area contributed by atoms with E-state index >= 15 is 0 Å². The van der Waals surface area contributed by atoms with Gasteiger partial charge in [0.15, 0.2) is 5.13 Å². The Morgan fingerprint density at radius 3 is 2.43 bits per heavy atom. The number of carbonyl (C=O) groups excluding carboxylic acids is 3. The van der Waals surface area contributed by atoms with Gasteiger partial charge in [-0.2, -0.15) is 8.78 Å². The number of thiazole rings is 1. The highest BCUT2D eigenvalue weighted by Crippen LogP contribution is 2.59. The number of rotatable bonds is 8. The molecule has 0 saturated carbocycles. The minimum atomic E-state index is -5.76. The van der Waals surface area contributed by atoms with Crippen molar-refractivity contribution in [2.24, 2.45) is 5.41 Å². The summed E-state index contributed by atoms with van der Waals surface area (Å²) in [5, 5.41) is 6.24. The van der Waals surface area contributed by atoms with Crippen molar-refractivity contribution in [3.63, 3.8) is 0 Å². The molecule has 2 atom stereocenters. The molecule has 4 N–H and O–H groups in total. The maximum atomic E-state index is 14.2. The summed E-state index contributed by atoms with van der Waals surface area (Å²) < 4.78 is 40.2. The molecular weight excluding hydrogens is 609 g/mol. The summed E-state index contributed by atoms with van der Waals surface area (Å²) in [7, 11) is -5.76. The number of thiophene rings is 1. The van der Waals surface area contributed by atoms with E-state index in [1.807, 2.05) is 13.8 Å². The van der Waals surface area contributed by atoms with Gasteiger partial charge in [-0.1, -0.05) is 40.7 Å². The highest BCUT2D eigenvalue weighted by Gasteiger charge is 2.50. The first-order valence-corrected chi connectivity index (χ1v) is 16.5. The molecule has 0 bridgehead atoms. The molecule has 0 aliphatic carbocycles. The first-order valence-electron chi connectivity index (χ1n) is 13.3. The Balaban J connectivity index is 1.53. The van der Waals surface area contributed by atoms with E-state index in [-0.39, 0.29) is 22.1 Å². The average Bonchev–Trinajstić information content (AvgIpc) is 3.64. The summed E-state index contributed by atoms with van der Waals surface area (Å²) >= 11 is 2.37. The van der Waals surface area contributed by atoms with Gasteiger partial charge in [-0.3, -0.25) is 18.9 Å². The van der Waals surface area contributed by atoms with Gasteiger partial charge in [0, 0.05) is 27.9 Å². The molecule has 10 nitrogen and oxygen atoms in total. The number of hydrogen-bond donors (Lipinski definition) is 4. The van der Waals surface area contributed by atoms with Gasteiger partial charge < -0.3 is 25.3 Å². The minimum Gasteiger partial charge on any atom is -0.339 e. The van der Waals surface area contributed by atoms with Gasteiger partial charge in [0.1, 0.15) is 12.1 Å². The molecule has 3 amide bonds. The highest BCUT2D eigenvalue weighted by molar-refractivity contribution is 7.52. The molecule has 1 aliphatic heterocycles. The minimum absolute atomic E-state index is 0.129. The van der Waals surface area contributed by atoms with Crippen LogP contribution in [0.1, 0.15) is 73.5 Å². The van der Waals surface area contributed by atoms with E-state index in [4.69, 9.17) is 9.79 Å². The number of aromatic nitrogens is 1. The van der Waals surface area contributed by atoms with Crippen molar-refractivity contribution >= 4 is 63.2 Å². The molecule has 3 aromatic rings. The second-order valence-corrected chi connectivity index (χ2v) is 15.4. The lowest BCUT2D eigenvalue weighted by Gasteiger charge is -2.35. The lowest BCUT2D eigenvalue weighted by molar-refractivity contribution is -0.140. The highest BCUT2D eigenvalue weighted by atomic mass is 32.1. The monoisotopic (exact) mass is 642 g/mol. The Kier molecular flexibility index (Phi) is 8.97. The van der Waals surface area contributed by atoms with Gasteiger partial charge in [-0.05, 0) is 47.8 Å². The van der Waals surface area contributed by atoms with E-state index in [9.17, 15) is 27.7 Å². The maximum absolute atomic E-state index is 14.2. The van der Waals surface area contributed by atoms with E-state index < -0.39 is 48.1 Å². The smallest absolute Gasteiger partial charge is 0.339 e. The molecule has 2 aromatic heterocycles. The number of benzene rings is 1. The Morgan fingerprint density at radius 1 is 1.14 bits per heavy atom. The molecule has 1 aliphatic rings. The number of amides is 3. The fourth-order valence-corrected chi connectivity index (χ4v) is 6.87. The largest absolute Gasteiger partial charge is 0.399 e. The van der Waals surface area contributed by atoms with E-state index in [1.165, 1.54) is 28.4 Å². The lowest BCUT2D eigenvalue weighted by Crippen LogP contribution is -2.57. The van der Waals surface area contributed by atoms with Gasteiger partial charge in [0.2, 0.25) is 11.8 Å². The molecule has 228 valence electrons. The molecule has 3 heterocycles. The van der Waals surface area contributed by atoms with Crippen molar-refractivity contribution in [1.82, 2.24) is 15.2 Å². The third-order valence-electron chi connectivity index (χ3n) is 7.00. The number of nitrogens with zero attached hydrogens (tertiary/aromatic N) is 2. The van der Waals surface area contributed by atoms with Crippen molar-refractivity contribution in [3.05, 3.63) is 45.8 Å². The zero-order valence-corrected chi connectivity index (χ0v) is 26.2. The third-order valence-corrected chi connectivity index (χ3v) is 10.3. The summed E-state index contributed by atoms with van der Waals surface area (Å²) in [6.45, 7) is 9.74. The number of carbonyl (C=O) groups is 3. The van der Waals surface area contributed by atoms with Crippen LogP contribution in [0, 0.1) is 5.41 Å². The number of nitrogens with one attached hydrogen (secondary N) is 2. The van der Waals surface area contributed by atoms with E-state index in [1.54, 1.807) is 27.0 Å². The SMILES string of the molecule is CC(C)c1cnc(NC(=O)[C@@H]2CCCN2C(=O)C(NC(=O)c2cc3cc(C(F)(F)P(=O)(O)O)ccc3s2)C(C)(C)C)s1. The summed E-state index contributed by atoms with van der Waals surface area (Å²) in [6.07, 6.45) is 2.79. The molecule has 1 aromatic carbocycles. The second kappa shape index (κ2) is 11.7. The average molecular weight is 643 g/mol. The fraction of sp³-hybridized carbons (Fsp3) is 0.481. The van der Waals surface area contributed by atoms with Crippen molar-refractivity contribution in [1.29, 1.82) is 0 Å². The topological polar surface area (TPSA) is 149 Å². The summed E-state index contributed by atoms with van der Waals surface area (Å²) in [6, 6.07) is 2.71. The molecule has 1 unspecified atom stereocenters. The normalized spacial score (nSPS) is 17.1. The number of hydrogen-bond acceptors (Lipinski definition) is 7. The summed E-state index contributed by atoms with van der Waals surface area (Å²) in [5.74, 6) is -1.12. The first kappa shape index (κ1) is 32.2. The predicted molar refractivity (Wildman–Crippen MR) is 158 cm³/mol. The van der Waals surface area contributed by atoms with Gasteiger partial charge in [-0.25, -0.2) is 4.98 Å². The standard InChI is InChI=1S/C27H33F2N4O6PS2/c1-14(2)20-13-30-25(42-20)32-22(34)17-7-6-10-33(17)24(36)21(26(3,4)5)31-23(35)19-12-15-11-16(8-9-18(15)41-19)27(28,29)40(37,38)39/h8-9,11-14,17,21H,6-7,10H2,1-5H3,(H,31,35)(H,30,32,34)(H2,37,38,39)/t17-,21?/m0/s1. The number of anilines is 1. The zero-order chi connectivity index (χ0) is 31.2. The number of alkyl halides is 2. The van der Waals surface area contributed by atoms with Crippen LogP contribution in [-0.4, -0.2) is 56.0 Å². The van der Waals surface area contributed by atoms with Crippen molar-refractivity contribution in [2.45, 2.75) is 71.1 Å². The summed E-state index contributed by atoms with van der Waals surface area (Å²) in [5.41, 5.74) is -6.00. The van der Waals surface area contributed by atoms with Gasteiger partial charge in [0.05, 0.1) is 4.88 Å². The maximum Gasteiger partial charge on any atom is 0.399 e. The van der Waals surface area contributed by atoms with Gasteiger partial charge in [-0.15, -0.1) is 22.7 Å². The van der Waals surface area contributed by atoms with Crippen molar-refractivity contribution in [3.8, 4) is 0 Å². The quantitative estimate of drug-likeness (QED) is 0.238. The van der Waals surface area contributed by atoms with E-state index in [0.717, 1.165) is 28.3 Å². The number of likely N-dealkylation sites (tertiary alicyclic amines) is 1. The van der Waals surface area contributed by atoms with Gasteiger partial charge >= 0.3 is 13.3 Å². The van der Waals surface area contributed by atoms with Gasteiger partial charge in [0.25, 0.3) is 5.91 Å². The molecule has 1 saturated heterocycles. The Hall–Kier alpha value is -2.77. The molecule has 0 radical (unpaired) electrons. The van der Waals surface area contributed by atoms with Crippen LogP contribution in [0.5, 0.6) is 0 Å². The van der Waals surface area contributed by atoms with Crippen LogP contribution in [-0.2, 0) is 19.8 Å². The Bertz CT molecular complexity index is 1560. The van der Waals surface area contributed by atoms with Crippen molar-refractivity contribution < 1.29 is 37.5 Å². The third kappa shape index (κ3) is 6.57. The molecule has 4 rings (SSSR count). The Morgan fingerprint density at radius 2 is 1.83 bits per heavy atom. The Labute approximate surface area is 249 Å². The number of halogens is 2. The second-order valence-electron chi connectivity index (χ2n) is 11.6. The zero-order valence-electron chi connectivity index (χ0n) is 23.7. The van der Waals surface area contributed by atoms with Crippen LogP contribution >= 0.6 is 30.3 Å². The molecule has 1 fully saturated rings. The van der Waals surface area contributed by atoms with Crippen LogP contribution in [0.4, 0.5) is 13.9 Å².